The van der Waals surface area contributed by atoms with Gasteiger partial charge in [0.15, 0.2) is 0 Å². The lowest BCUT2D eigenvalue weighted by Crippen LogP contribution is -2.12. The maximum Gasteiger partial charge on any atom is 0.305 e. The predicted octanol–water partition coefficient (Wildman–Crippen LogP) is 12.5. The number of esters is 2. The van der Waals surface area contributed by atoms with Crippen molar-refractivity contribution in [2.24, 2.45) is 5.92 Å². The fourth-order valence-electron chi connectivity index (χ4n) is 5.89. The highest BCUT2D eigenvalue weighted by atomic mass is 16.5. The average Bonchev–Trinajstić information content (AvgIpc) is 2.99. The van der Waals surface area contributed by atoms with Gasteiger partial charge in [-0.2, -0.15) is 0 Å². The summed E-state index contributed by atoms with van der Waals surface area (Å²) in [6.45, 7) is 7.83. The van der Waals surface area contributed by atoms with Crippen LogP contribution in [0.2, 0.25) is 0 Å². The van der Waals surface area contributed by atoms with Crippen LogP contribution in [-0.4, -0.2) is 25.2 Å². The molecule has 0 radical (unpaired) electrons. The van der Waals surface area contributed by atoms with Gasteiger partial charge in [0.05, 0.1) is 13.2 Å². The van der Waals surface area contributed by atoms with Gasteiger partial charge in [-0.15, -0.1) is 0 Å². The van der Waals surface area contributed by atoms with Crippen molar-refractivity contribution in [3.63, 3.8) is 0 Å². The van der Waals surface area contributed by atoms with Crippen LogP contribution >= 0.6 is 0 Å². The predicted molar refractivity (Wildman–Crippen MR) is 181 cm³/mol. The SMILES string of the molecule is CCCCCCCCCCCCCCOC(=O)CCC(CCC)CCC(=O)OCCCCCCCCCCCCCC. The minimum Gasteiger partial charge on any atom is -0.466 e. The van der Waals surface area contributed by atoms with Crippen LogP contribution in [0.1, 0.15) is 213 Å². The molecule has 250 valence electrons. The van der Waals surface area contributed by atoms with Gasteiger partial charge >= 0.3 is 11.9 Å². The van der Waals surface area contributed by atoms with Gasteiger partial charge in [-0.25, -0.2) is 0 Å². The molecule has 0 aliphatic carbocycles. The molecule has 0 rings (SSSR count). The van der Waals surface area contributed by atoms with E-state index in [9.17, 15) is 9.59 Å². The van der Waals surface area contributed by atoms with E-state index >= 15 is 0 Å². The molecule has 0 N–H and O–H groups in total. The van der Waals surface area contributed by atoms with Crippen LogP contribution in [0.25, 0.3) is 0 Å². The van der Waals surface area contributed by atoms with Gasteiger partial charge in [-0.3, -0.25) is 9.59 Å². The van der Waals surface area contributed by atoms with Crippen LogP contribution in [0.3, 0.4) is 0 Å². The molecule has 4 nitrogen and oxygen atoms in total. The van der Waals surface area contributed by atoms with Crippen molar-refractivity contribution < 1.29 is 19.1 Å². The van der Waals surface area contributed by atoms with Gasteiger partial charge in [-0.1, -0.05) is 175 Å². The van der Waals surface area contributed by atoms with Crippen LogP contribution < -0.4 is 0 Å². The Labute approximate surface area is 263 Å². The van der Waals surface area contributed by atoms with Gasteiger partial charge in [-0.05, 0) is 31.6 Å². The monoisotopic (exact) mass is 595 g/mol. The lowest BCUT2D eigenvalue weighted by molar-refractivity contribution is -0.144. The third-order valence-electron chi connectivity index (χ3n) is 8.73. The van der Waals surface area contributed by atoms with E-state index in [2.05, 4.69) is 20.8 Å². The number of unbranched alkanes of at least 4 members (excludes halogenated alkanes) is 22. The minimum atomic E-state index is -0.0753. The molecule has 0 aromatic heterocycles. The van der Waals surface area contributed by atoms with Crippen molar-refractivity contribution in [1.82, 2.24) is 0 Å². The van der Waals surface area contributed by atoms with Crippen molar-refractivity contribution in [3.05, 3.63) is 0 Å². The molecular formula is C38H74O4. The summed E-state index contributed by atoms with van der Waals surface area (Å²) in [5, 5.41) is 0. The van der Waals surface area contributed by atoms with Crippen LogP contribution in [0.15, 0.2) is 0 Å². The first-order chi connectivity index (χ1) is 20.6. The second-order valence-corrected chi connectivity index (χ2v) is 13.0. The molecule has 0 bridgehead atoms. The number of rotatable bonds is 34. The molecule has 0 aliphatic heterocycles. The van der Waals surface area contributed by atoms with Crippen LogP contribution in [0, 0.1) is 5.92 Å². The summed E-state index contributed by atoms with van der Waals surface area (Å²) in [5.41, 5.74) is 0. The van der Waals surface area contributed by atoms with Crippen molar-refractivity contribution >= 4 is 11.9 Å². The van der Waals surface area contributed by atoms with Crippen LogP contribution in [0.4, 0.5) is 0 Å². The maximum atomic E-state index is 12.2. The molecule has 0 aliphatic rings. The lowest BCUT2D eigenvalue weighted by atomic mass is 9.93. The summed E-state index contributed by atoms with van der Waals surface area (Å²) < 4.78 is 11.0. The molecule has 0 aromatic carbocycles. The highest BCUT2D eigenvalue weighted by molar-refractivity contribution is 5.70. The number of carbonyl (C=O) groups is 2. The van der Waals surface area contributed by atoms with Crippen molar-refractivity contribution in [2.45, 2.75) is 213 Å². The van der Waals surface area contributed by atoms with Gasteiger partial charge in [0, 0.05) is 12.8 Å². The molecular weight excluding hydrogens is 520 g/mol. The molecule has 0 saturated heterocycles. The van der Waals surface area contributed by atoms with E-state index in [1.54, 1.807) is 0 Å². The summed E-state index contributed by atoms with van der Waals surface area (Å²) in [7, 11) is 0. The van der Waals surface area contributed by atoms with E-state index in [1.807, 2.05) is 0 Å². The van der Waals surface area contributed by atoms with Gasteiger partial charge in [0.25, 0.3) is 0 Å². The summed E-state index contributed by atoms with van der Waals surface area (Å²) in [6.07, 6.45) is 36.2. The third kappa shape index (κ3) is 31.9. The Morgan fingerprint density at radius 3 is 0.952 bits per heavy atom. The zero-order valence-electron chi connectivity index (χ0n) is 28.8. The topological polar surface area (TPSA) is 52.6 Å². The Bertz CT molecular complexity index is 515. The van der Waals surface area contributed by atoms with Crippen molar-refractivity contribution in [2.75, 3.05) is 13.2 Å². The van der Waals surface area contributed by atoms with E-state index in [4.69, 9.17) is 9.47 Å². The molecule has 0 spiro atoms. The fraction of sp³-hybridized carbons (Fsp3) is 0.947. The molecule has 4 heteroatoms. The van der Waals surface area contributed by atoms with E-state index in [-0.39, 0.29) is 11.9 Å². The Morgan fingerprint density at radius 2 is 0.667 bits per heavy atom. The summed E-state index contributed by atoms with van der Waals surface area (Å²) in [5.74, 6) is 0.246. The molecule has 0 unspecified atom stereocenters. The van der Waals surface area contributed by atoms with E-state index in [0.29, 0.717) is 32.0 Å². The number of hydrogen-bond acceptors (Lipinski definition) is 4. The van der Waals surface area contributed by atoms with Crippen LogP contribution in [0.5, 0.6) is 0 Å². The third-order valence-corrected chi connectivity index (χ3v) is 8.73. The number of ether oxygens (including phenoxy) is 2. The largest absolute Gasteiger partial charge is 0.466 e. The Hall–Kier alpha value is -1.06. The second kappa shape index (κ2) is 34.4. The molecule has 0 amide bonds. The maximum absolute atomic E-state index is 12.2. The first-order valence-corrected chi connectivity index (χ1v) is 18.9. The van der Waals surface area contributed by atoms with Crippen molar-refractivity contribution in [3.8, 4) is 0 Å². The first kappa shape index (κ1) is 40.9. The smallest absolute Gasteiger partial charge is 0.305 e. The quantitative estimate of drug-likeness (QED) is 0.0549. The van der Waals surface area contributed by atoms with E-state index in [1.165, 1.54) is 128 Å². The molecule has 0 saturated carbocycles. The van der Waals surface area contributed by atoms with Gasteiger partial charge < -0.3 is 9.47 Å². The first-order valence-electron chi connectivity index (χ1n) is 18.9. The number of hydrogen-bond donors (Lipinski definition) is 0. The van der Waals surface area contributed by atoms with E-state index < -0.39 is 0 Å². The molecule has 0 atom stereocenters. The standard InChI is InChI=1S/C38H74O4/c1-4-7-9-11-13-15-17-19-21-23-25-27-34-41-37(39)32-30-36(29-6-3)31-33-38(40)42-35-28-26-24-22-20-18-16-14-12-10-8-5-2/h36H,4-35H2,1-3H3. The van der Waals surface area contributed by atoms with Crippen molar-refractivity contribution in [1.29, 1.82) is 0 Å². The molecule has 0 aromatic rings. The van der Waals surface area contributed by atoms with Crippen LogP contribution in [-0.2, 0) is 19.1 Å². The Balaban J connectivity index is 3.62. The summed E-state index contributed by atoms with van der Waals surface area (Å²) in [4.78, 5) is 24.5. The normalized spacial score (nSPS) is 11.3. The fourth-order valence-corrected chi connectivity index (χ4v) is 5.89. The zero-order valence-corrected chi connectivity index (χ0v) is 28.8. The molecule has 0 heterocycles. The zero-order chi connectivity index (χ0) is 30.8. The second-order valence-electron chi connectivity index (χ2n) is 13.0. The Morgan fingerprint density at radius 1 is 0.381 bits per heavy atom. The lowest BCUT2D eigenvalue weighted by Gasteiger charge is -2.15. The summed E-state index contributed by atoms with van der Waals surface area (Å²) in [6, 6.07) is 0. The Kier molecular flexibility index (Phi) is 33.6. The molecule has 42 heavy (non-hydrogen) atoms. The highest BCUT2D eigenvalue weighted by Crippen LogP contribution is 2.21. The van der Waals surface area contributed by atoms with E-state index in [0.717, 1.165) is 51.4 Å². The molecule has 0 fully saturated rings. The average molecular weight is 595 g/mol. The highest BCUT2D eigenvalue weighted by Gasteiger charge is 2.14. The van der Waals surface area contributed by atoms with Gasteiger partial charge in [0.2, 0.25) is 0 Å². The summed E-state index contributed by atoms with van der Waals surface area (Å²) >= 11 is 0. The van der Waals surface area contributed by atoms with Gasteiger partial charge in [0.1, 0.15) is 0 Å². The minimum absolute atomic E-state index is 0.0753. The number of carbonyl (C=O) groups excluding carboxylic acids is 2.